The van der Waals surface area contributed by atoms with Crippen molar-refractivity contribution < 1.29 is 9.59 Å². The standard InChI is InChI=1S/C5H6O2S/c6-3-4-1-2-5(7)8-4/h3-4H,1-2H2/t4-/m0/s1. The molecule has 0 radical (unpaired) electrons. The normalized spacial score (nSPS) is 28.5. The minimum Gasteiger partial charge on any atom is -0.302 e. The molecule has 1 saturated heterocycles. The Kier molecular flexibility index (Phi) is 1.68. The summed E-state index contributed by atoms with van der Waals surface area (Å²) in [6.07, 6.45) is 2.16. The highest BCUT2D eigenvalue weighted by molar-refractivity contribution is 8.15. The molecule has 1 aliphatic heterocycles. The van der Waals surface area contributed by atoms with Gasteiger partial charge in [0.15, 0.2) is 5.12 Å². The molecule has 0 saturated carbocycles. The van der Waals surface area contributed by atoms with Crippen LogP contribution in [-0.4, -0.2) is 16.7 Å². The van der Waals surface area contributed by atoms with Crippen molar-refractivity contribution in [2.45, 2.75) is 18.1 Å². The lowest BCUT2D eigenvalue weighted by atomic mass is 10.3. The van der Waals surface area contributed by atoms with E-state index in [1.807, 2.05) is 0 Å². The lowest BCUT2D eigenvalue weighted by Gasteiger charge is -1.88. The summed E-state index contributed by atoms with van der Waals surface area (Å²) in [6, 6.07) is 0. The fourth-order valence-electron chi connectivity index (χ4n) is 0.643. The molecule has 0 amide bonds. The quantitative estimate of drug-likeness (QED) is 0.488. The van der Waals surface area contributed by atoms with E-state index in [0.717, 1.165) is 24.5 Å². The van der Waals surface area contributed by atoms with Crippen LogP contribution in [0.2, 0.25) is 0 Å². The maximum atomic E-state index is 10.4. The predicted octanol–water partition coefficient (Wildman–Crippen LogP) is 0.608. The van der Waals surface area contributed by atoms with Crippen LogP contribution >= 0.6 is 11.8 Å². The first kappa shape index (κ1) is 5.82. The smallest absolute Gasteiger partial charge is 0.189 e. The monoisotopic (exact) mass is 130 g/mol. The molecule has 1 fully saturated rings. The molecule has 1 atom stereocenters. The van der Waals surface area contributed by atoms with Gasteiger partial charge in [-0.15, -0.1) is 0 Å². The number of aldehydes is 1. The molecule has 0 spiro atoms. The zero-order chi connectivity index (χ0) is 5.98. The van der Waals surface area contributed by atoms with E-state index in [1.165, 1.54) is 0 Å². The zero-order valence-electron chi connectivity index (χ0n) is 4.29. The molecule has 0 bridgehead atoms. The predicted molar refractivity (Wildman–Crippen MR) is 31.7 cm³/mol. The molecule has 3 heteroatoms. The molecule has 8 heavy (non-hydrogen) atoms. The van der Waals surface area contributed by atoms with Gasteiger partial charge in [0.1, 0.15) is 6.29 Å². The second-order valence-corrected chi connectivity index (χ2v) is 3.00. The molecule has 0 aliphatic carbocycles. The fourth-order valence-corrected chi connectivity index (χ4v) is 1.51. The van der Waals surface area contributed by atoms with Gasteiger partial charge in [-0.3, -0.25) is 4.79 Å². The van der Waals surface area contributed by atoms with Crippen LogP contribution in [0.1, 0.15) is 12.8 Å². The van der Waals surface area contributed by atoms with Crippen LogP contribution in [0.4, 0.5) is 0 Å². The highest BCUT2D eigenvalue weighted by Crippen LogP contribution is 2.25. The maximum absolute atomic E-state index is 10.4. The van der Waals surface area contributed by atoms with Crippen LogP contribution in [0.25, 0.3) is 0 Å². The van der Waals surface area contributed by atoms with E-state index >= 15 is 0 Å². The van der Waals surface area contributed by atoms with Crippen molar-refractivity contribution in [3.8, 4) is 0 Å². The molecular weight excluding hydrogens is 124 g/mol. The molecular formula is C5H6O2S. The summed E-state index contributed by atoms with van der Waals surface area (Å²) in [5.74, 6) is 0. The minimum absolute atomic E-state index is 0.0394. The number of hydrogen-bond donors (Lipinski definition) is 0. The largest absolute Gasteiger partial charge is 0.302 e. The van der Waals surface area contributed by atoms with Crippen LogP contribution in [0.15, 0.2) is 0 Å². The summed E-state index contributed by atoms with van der Waals surface area (Å²) in [6.45, 7) is 0. The van der Waals surface area contributed by atoms with E-state index in [4.69, 9.17) is 0 Å². The fraction of sp³-hybridized carbons (Fsp3) is 0.600. The van der Waals surface area contributed by atoms with Crippen LogP contribution in [-0.2, 0) is 9.59 Å². The average Bonchev–Trinajstić information content (AvgIpc) is 2.14. The Balaban J connectivity index is 2.43. The summed E-state index contributed by atoms with van der Waals surface area (Å²) in [7, 11) is 0. The first-order chi connectivity index (χ1) is 3.83. The first-order valence-corrected chi connectivity index (χ1v) is 3.35. The Bertz CT molecular complexity index is 122. The van der Waals surface area contributed by atoms with Gasteiger partial charge >= 0.3 is 0 Å². The third kappa shape index (κ3) is 1.10. The van der Waals surface area contributed by atoms with E-state index in [1.54, 1.807) is 0 Å². The lowest BCUT2D eigenvalue weighted by Crippen LogP contribution is -1.95. The van der Waals surface area contributed by atoms with Crippen molar-refractivity contribution in [2.24, 2.45) is 0 Å². The minimum atomic E-state index is -0.0394. The van der Waals surface area contributed by atoms with Crippen LogP contribution < -0.4 is 0 Å². The van der Waals surface area contributed by atoms with E-state index in [-0.39, 0.29) is 10.4 Å². The van der Waals surface area contributed by atoms with Gasteiger partial charge in [-0.05, 0) is 6.42 Å². The molecule has 0 aromatic heterocycles. The third-order valence-corrected chi connectivity index (χ3v) is 2.18. The Morgan fingerprint density at radius 3 is 2.75 bits per heavy atom. The van der Waals surface area contributed by atoms with Gasteiger partial charge in [-0.25, -0.2) is 0 Å². The molecule has 1 heterocycles. The van der Waals surface area contributed by atoms with E-state index in [9.17, 15) is 9.59 Å². The average molecular weight is 130 g/mol. The topological polar surface area (TPSA) is 34.1 Å². The number of carbonyl (C=O) groups excluding carboxylic acids is 2. The first-order valence-electron chi connectivity index (χ1n) is 2.47. The Labute approximate surface area is 51.6 Å². The zero-order valence-corrected chi connectivity index (χ0v) is 5.11. The molecule has 1 rings (SSSR count). The summed E-state index contributed by atoms with van der Waals surface area (Å²) < 4.78 is 0. The van der Waals surface area contributed by atoms with Crippen molar-refractivity contribution in [3.05, 3.63) is 0 Å². The highest BCUT2D eigenvalue weighted by Gasteiger charge is 2.21. The van der Waals surface area contributed by atoms with Crippen molar-refractivity contribution in [2.75, 3.05) is 0 Å². The second-order valence-electron chi connectivity index (χ2n) is 1.70. The Morgan fingerprint density at radius 1 is 1.75 bits per heavy atom. The molecule has 0 aromatic rings. The summed E-state index contributed by atoms with van der Waals surface area (Å²) in [5, 5.41) is 0.115. The number of thioether (sulfide) groups is 1. The molecule has 2 nitrogen and oxygen atoms in total. The second kappa shape index (κ2) is 2.31. The van der Waals surface area contributed by atoms with Gasteiger partial charge in [-0.2, -0.15) is 0 Å². The summed E-state index contributed by atoms with van der Waals surface area (Å²) in [5.41, 5.74) is 0. The van der Waals surface area contributed by atoms with Gasteiger partial charge in [0, 0.05) is 6.42 Å². The Hall–Kier alpha value is -0.310. The third-order valence-electron chi connectivity index (χ3n) is 1.07. The van der Waals surface area contributed by atoms with Crippen molar-refractivity contribution >= 4 is 23.2 Å². The van der Waals surface area contributed by atoms with Gasteiger partial charge in [-0.1, -0.05) is 11.8 Å². The van der Waals surface area contributed by atoms with E-state index in [2.05, 4.69) is 0 Å². The van der Waals surface area contributed by atoms with E-state index < -0.39 is 0 Å². The highest BCUT2D eigenvalue weighted by atomic mass is 32.2. The van der Waals surface area contributed by atoms with Crippen molar-refractivity contribution in [1.82, 2.24) is 0 Å². The molecule has 0 unspecified atom stereocenters. The van der Waals surface area contributed by atoms with E-state index in [0.29, 0.717) is 6.42 Å². The van der Waals surface area contributed by atoms with Gasteiger partial charge in [0.25, 0.3) is 0 Å². The van der Waals surface area contributed by atoms with Crippen LogP contribution in [0.5, 0.6) is 0 Å². The van der Waals surface area contributed by atoms with Crippen LogP contribution in [0.3, 0.4) is 0 Å². The lowest BCUT2D eigenvalue weighted by molar-refractivity contribution is -0.110. The van der Waals surface area contributed by atoms with Crippen molar-refractivity contribution in [3.63, 3.8) is 0 Å². The molecule has 0 N–H and O–H groups in total. The van der Waals surface area contributed by atoms with Gasteiger partial charge in [0.2, 0.25) is 0 Å². The summed E-state index contributed by atoms with van der Waals surface area (Å²) >= 11 is 1.16. The van der Waals surface area contributed by atoms with Crippen molar-refractivity contribution in [1.29, 1.82) is 0 Å². The SMILES string of the molecule is O=C[C@@H]1CCC(=O)S1. The maximum Gasteiger partial charge on any atom is 0.189 e. The van der Waals surface area contributed by atoms with Gasteiger partial charge < -0.3 is 4.79 Å². The molecule has 44 valence electrons. The van der Waals surface area contributed by atoms with Gasteiger partial charge in [0.05, 0.1) is 5.25 Å². The number of carbonyl (C=O) groups is 2. The molecule has 0 aromatic carbocycles. The summed E-state index contributed by atoms with van der Waals surface area (Å²) in [4.78, 5) is 20.4. The Morgan fingerprint density at radius 2 is 2.50 bits per heavy atom. The number of rotatable bonds is 1. The van der Waals surface area contributed by atoms with Crippen LogP contribution in [0, 0.1) is 0 Å². The molecule has 1 aliphatic rings. The number of hydrogen-bond acceptors (Lipinski definition) is 3.